The largest absolute Gasteiger partial charge is 0.490 e. The Labute approximate surface area is 137 Å². The lowest BCUT2D eigenvalue weighted by Crippen LogP contribution is -2.40. The second-order valence-electron chi connectivity index (χ2n) is 6.11. The summed E-state index contributed by atoms with van der Waals surface area (Å²) in [7, 11) is -3.50. The number of fused-ring (bicyclic) bond motifs is 1. The van der Waals surface area contributed by atoms with Crippen molar-refractivity contribution >= 4 is 10.0 Å². The summed E-state index contributed by atoms with van der Waals surface area (Å²) < 4.78 is 38.6. The number of piperidine rings is 1. The lowest BCUT2D eigenvalue weighted by atomic mass is 9.96. The molecular weight excluding hydrogens is 316 g/mol. The average molecular weight is 340 g/mol. The highest BCUT2D eigenvalue weighted by molar-refractivity contribution is 7.89. The minimum Gasteiger partial charge on any atom is -0.490 e. The van der Waals surface area contributed by atoms with E-state index in [2.05, 4.69) is 0 Å². The summed E-state index contributed by atoms with van der Waals surface area (Å²) in [5, 5.41) is 0. The fraction of sp³-hybridized carbons (Fsp3) is 0.625. The maximum Gasteiger partial charge on any atom is 0.243 e. The second-order valence-corrected chi connectivity index (χ2v) is 8.05. The van der Waals surface area contributed by atoms with Gasteiger partial charge in [-0.25, -0.2) is 8.42 Å². The molecule has 1 aromatic carbocycles. The summed E-state index contributed by atoms with van der Waals surface area (Å²) in [6.45, 7) is 2.85. The molecule has 128 valence electrons. The zero-order valence-electron chi connectivity index (χ0n) is 13.2. The van der Waals surface area contributed by atoms with E-state index in [0.29, 0.717) is 50.3 Å². The van der Waals surface area contributed by atoms with Crippen LogP contribution in [-0.4, -0.2) is 45.6 Å². The van der Waals surface area contributed by atoms with Gasteiger partial charge in [0, 0.05) is 25.6 Å². The number of nitrogens with two attached hydrogens (primary N) is 1. The van der Waals surface area contributed by atoms with Crippen LogP contribution in [-0.2, 0) is 10.0 Å². The smallest absolute Gasteiger partial charge is 0.243 e. The molecule has 2 aliphatic rings. The first-order valence-corrected chi connectivity index (χ1v) is 9.65. The lowest BCUT2D eigenvalue weighted by molar-refractivity contribution is 0.258. The molecule has 0 spiro atoms. The van der Waals surface area contributed by atoms with Crippen LogP contribution >= 0.6 is 0 Å². The first-order chi connectivity index (χ1) is 11.1. The molecule has 2 aliphatic heterocycles. The molecule has 0 aliphatic carbocycles. The van der Waals surface area contributed by atoms with E-state index in [1.54, 1.807) is 22.5 Å². The van der Waals surface area contributed by atoms with Crippen LogP contribution in [0.4, 0.5) is 0 Å². The molecule has 0 radical (unpaired) electrons. The Bertz CT molecular complexity index is 645. The minimum atomic E-state index is -3.50. The Balaban J connectivity index is 1.83. The predicted molar refractivity (Wildman–Crippen MR) is 87.2 cm³/mol. The average Bonchev–Trinajstić information content (AvgIpc) is 2.80. The number of sulfonamides is 1. The van der Waals surface area contributed by atoms with Gasteiger partial charge >= 0.3 is 0 Å². The molecule has 1 atom stereocenters. The molecular formula is C16H24N2O4S. The third kappa shape index (κ3) is 3.62. The van der Waals surface area contributed by atoms with Crippen LogP contribution in [0.2, 0.25) is 0 Å². The summed E-state index contributed by atoms with van der Waals surface area (Å²) in [4.78, 5) is 0.273. The number of ether oxygens (including phenoxy) is 2. The summed E-state index contributed by atoms with van der Waals surface area (Å²) in [5.41, 5.74) is 5.62. The Morgan fingerprint density at radius 3 is 2.74 bits per heavy atom. The van der Waals surface area contributed by atoms with Gasteiger partial charge in [0.1, 0.15) is 0 Å². The normalized spacial score (nSPS) is 22.6. The number of hydrogen-bond acceptors (Lipinski definition) is 5. The van der Waals surface area contributed by atoms with Gasteiger partial charge in [0.05, 0.1) is 18.1 Å². The summed E-state index contributed by atoms with van der Waals surface area (Å²) in [5.74, 6) is 1.48. The van der Waals surface area contributed by atoms with Crippen LogP contribution < -0.4 is 15.2 Å². The van der Waals surface area contributed by atoms with Crippen LogP contribution in [0, 0.1) is 5.92 Å². The van der Waals surface area contributed by atoms with Gasteiger partial charge in [0.25, 0.3) is 0 Å². The molecule has 0 bridgehead atoms. The van der Waals surface area contributed by atoms with Crippen molar-refractivity contribution in [1.29, 1.82) is 0 Å². The molecule has 3 rings (SSSR count). The van der Waals surface area contributed by atoms with Gasteiger partial charge in [-0.05, 0) is 43.9 Å². The van der Waals surface area contributed by atoms with Crippen molar-refractivity contribution in [2.45, 2.75) is 30.6 Å². The standard InChI is InChI=1S/C16H24N2O4S/c17-7-6-13-3-1-8-18(12-13)23(19,20)14-4-5-15-16(11-14)22-10-2-9-21-15/h4-5,11,13H,1-3,6-10,12,17H2. The molecule has 23 heavy (non-hydrogen) atoms. The molecule has 2 N–H and O–H groups in total. The highest BCUT2D eigenvalue weighted by Crippen LogP contribution is 2.34. The summed E-state index contributed by atoms with van der Waals surface area (Å²) >= 11 is 0. The molecule has 6 nitrogen and oxygen atoms in total. The zero-order valence-corrected chi connectivity index (χ0v) is 14.1. The Kier molecular flexibility index (Phi) is 5.08. The monoisotopic (exact) mass is 340 g/mol. The third-order valence-corrected chi connectivity index (χ3v) is 6.27. The lowest BCUT2D eigenvalue weighted by Gasteiger charge is -2.31. The van der Waals surface area contributed by atoms with Crippen molar-refractivity contribution < 1.29 is 17.9 Å². The van der Waals surface area contributed by atoms with Crippen molar-refractivity contribution in [3.05, 3.63) is 18.2 Å². The fourth-order valence-corrected chi connectivity index (χ4v) is 4.74. The Hall–Kier alpha value is -1.31. The fourth-order valence-electron chi connectivity index (χ4n) is 3.17. The molecule has 0 aromatic heterocycles. The van der Waals surface area contributed by atoms with Gasteiger partial charge in [-0.1, -0.05) is 0 Å². The first kappa shape index (κ1) is 16.5. The third-order valence-electron chi connectivity index (χ3n) is 4.41. The number of benzene rings is 1. The summed E-state index contributed by atoms with van der Waals surface area (Å²) in [6, 6.07) is 4.88. The number of hydrogen-bond donors (Lipinski definition) is 1. The molecule has 1 fully saturated rings. The van der Waals surface area contributed by atoms with Crippen LogP contribution in [0.15, 0.2) is 23.1 Å². The van der Waals surface area contributed by atoms with Crippen LogP contribution in [0.25, 0.3) is 0 Å². The van der Waals surface area contributed by atoms with Crippen molar-refractivity contribution in [3.63, 3.8) is 0 Å². The van der Waals surface area contributed by atoms with E-state index in [4.69, 9.17) is 15.2 Å². The summed E-state index contributed by atoms with van der Waals surface area (Å²) in [6.07, 6.45) is 3.59. The number of rotatable bonds is 4. The minimum absolute atomic E-state index is 0.273. The Morgan fingerprint density at radius 1 is 1.17 bits per heavy atom. The van der Waals surface area contributed by atoms with Gasteiger partial charge < -0.3 is 15.2 Å². The first-order valence-electron chi connectivity index (χ1n) is 8.21. The molecule has 1 unspecified atom stereocenters. The van der Waals surface area contributed by atoms with Crippen molar-refractivity contribution in [1.82, 2.24) is 4.31 Å². The van der Waals surface area contributed by atoms with E-state index in [1.165, 1.54) is 0 Å². The van der Waals surface area contributed by atoms with E-state index in [0.717, 1.165) is 25.7 Å². The quantitative estimate of drug-likeness (QED) is 0.900. The molecule has 1 saturated heterocycles. The van der Waals surface area contributed by atoms with Gasteiger partial charge in [0.15, 0.2) is 11.5 Å². The van der Waals surface area contributed by atoms with E-state index in [-0.39, 0.29) is 4.90 Å². The predicted octanol–water partition coefficient (Wildman–Crippen LogP) is 1.60. The maximum absolute atomic E-state index is 12.9. The van der Waals surface area contributed by atoms with Crippen molar-refractivity contribution in [2.75, 3.05) is 32.8 Å². The van der Waals surface area contributed by atoms with E-state index in [9.17, 15) is 8.42 Å². The van der Waals surface area contributed by atoms with Crippen molar-refractivity contribution in [3.8, 4) is 11.5 Å². The molecule has 2 heterocycles. The van der Waals surface area contributed by atoms with E-state index < -0.39 is 10.0 Å². The van der Waals surface area contributed by atoms with Gasteiger partial charge in [-0.3, -0.25) is 0 Å². The van der Waals surface area contributed by atoms with E-state index >= 15 is 0 Å². The van der Waals surface area contributed by atoms with E-state index in [1.807, 2.05) is 0 Å². The topological polar surface area (TPSA) is 81.9 Å². The SMILES string of the molecule is NCCC1CCCN(S(=O)(=O)c2ccc3c(c2)OCCCO3)C1. The zero-order chi connectivity index (χ0) is 16.3. The van der Waals surface area contributed by atoms with Crippen molar-refractivity contribution in [2.24, 2.45) is 11.7 Å². The molecule has 0 amide bonds. The van der Waals surface area contributed by atoms with Crippen LogP contribution in [0.1, 0.15) is 25.7 Å². The highest BCUT2D eigenvalue weighted by atomic mass is 32.2. The van der Waals surface area contributed by atoms with Gasteiger partial charge in [-0.2, -0.15) is 4.31 Å². The Morgan fingerprint density at radius 2 is 1.96 bits per heavy atom. The maximum atomic E-state index is 12.9. The molecule has 7 heteroatoms. The highest BCUT2D eigenvalue weighted by Gasteiger charge is 2.30. The molecule has 0 saturated carbocycles. The molecule has 1 aromatic rings. The van der Waals surface area contributed by atoms with Crippen LogP contribution in [0.5, 0.6) is 11.5 Å². The van der Waals surface area contributed by atoms with Gasteiger partial charge in [0.2, 0.25) is 10.0 Å². The van der Waals surface area contributed by atoms with Gasteiger partial charge in [-0.15, -0.1) is 0 Å². The number of nitrogens with zero attached hydrogens (tertiary/aromatic N) is 1. The van der Waals surface area contributed by atoms with Crippen LogP contribution in [0.3, 0.4) is 0 Å². The second kappa shape index (κ2) is 7.07.